The van der Waals surface area contributed by atoms with Crippen molar-refractivity contribution < 1.29 is 24.1 Å². The summed E-state index contributed by atoms with van der Waals surface area (Å²) in [5, 5.41) is 3.27. The summed E-state index contributed by atoms with van der Waals surface area (Å²) in [7, 11) is 2.03. The van der Waals surface area contributed by atoms with Gasteiger partial charge >= 0.3 is 6.09 Å². The lowest BCUT2D eigenvalue weighted by atomic mass is 10.2. The van der Waals surface area contributed by atoms with Crippen molar-refractivity contribution in [2.45, 2.75) is 18.6 Å². The van der Waals surface area contributed by atoms with Crippen LogP contribution >= 0.6 is 0 Å². The van der Waals surface area contributed by atoms with Crippen LogP contribution in [0.25, 0.3) is 0 Å². The van der Waals surface area contributed by atoms with E-state index >= 15 is 0 Å². The van der Waals surface area contributed by atoms with E-state index in [0.29, 0.717) is 39.1 Å². The molecule has 8 heteroatoms. The number of rotatable bonds is 6. The van der Waals surface area contributed by atoms with E-state index in [4.69, 9.17) is 14.5 Å². The Hall–Kier alpha value is -1.48. The number of hydrogen-bond donors (Lipinski definition) is 1. The van der Waals surface area contributed by atoms with Gasteiger partial charge in [0.05, 0.1) is 13.2 Å². The van der Waals surface area contributed by atoms with Crippen LogP contribution in [0.4, 0.5) is 4.79 Å². The fourth-order valence-electron chi connectivity index (χ4n) is 2.42. The van der Waals surface area contributed by atoms with Crippen LogP contribution in [0.3, 0.4) is 0 Å². The molecule has 0 spiro atoms. The molecule has 1 amide bonds. The van der Waals surface area contributed by atoms with Crippen molar-refractivity contribution in [2.24, 2.45) is 0 Å². The first kappa shape index (κ1) is 17.9. The van der Waals surface area contributed by atoms with Gasteiger partial charge in [0.1, 0.15) is 12.4 Å². The monoisotopic (exact) mass is 327 g/mol. The summed E-state index contributed by atoms with van der Waals surface area (Å²) in [5.74, 6) is 0. The molecule has 23 heavy (non-hydrogen) atoms. The highest BCUT2D eigenvalue weighted by molar-refractivity contribution is 5.69. The summed E-state index contributed by atoms with van der Waals surface area (Å²) in [4.78, 5) is 36.4. The number of amides is 1. The van der Waals surface area contributed by atoms with Crippen molar-refractivity contribution in [3.8, 4) is 0 Å². The zero-order chi connectivity index (χ0) is 16.5. The topological polar surface area (TPSA) is 80.3 Å². The molecule has 0 aromatic heterocycles. The van der Waals surface area contributed by atoms with Gasteiger partial charge in [-0.05, 0) is 25.6 Å². The van der Waals surface area contributed by atoms with Gasteiger partial charge in [-0.25, -0.2) is 14.6 Å². The van der Waals surface area contributed by atoms with E-state index in [1.54, 1.807) is 11.0 Å². The Morgan fingerprint density at radius 2 is 2.13 bits per heavy atom. The first-order valence-corrected chi connectivity index (χ1v) is 7.93. The summed E-state index contributed by atoms with van der Waals surface area (Å²) in [6, 6.07) is 0.151. The molecule has 130 valence electrons. The van der Waals surface area contributed by atoms with Gasteiger partial charge in [0.25, 0.3) is 0 Å². The van der Waals surface area contributed by atoms with E-state index in [2.05, 4.69) is 10.2 Å². The van der Waals surface area contributed by atoms with Crippen LogP contribution in [0, 0.1) is 0 Å². The minimum atomic E-state index is -0.491. The lowest BCUT2D eigenvalue weighted by Gasteiger charge is -2.32. The van der Waals surface area contributed by atoms with Crippen molar-refractivity contribution in [1.29, 1.82) is 0 Å². The molecule has 0 radical (unpaired) electrons. The van der Waals surface area contributed by atoms with Gasteiger partial charge in [0.15, 0.2) is 0 Å². The van der Waals surface area contributed by atoms with E-state index in [9.17, 15) is 9.59 Å². The average molecular weight is 327 g/mol. The highest BCUT2D eigenvalue weighted by Gasteiger charge is 2.23. The molecule has 2 aliphatic rings. The third-order valence-corrected chi connectivity index (χ3v) is 3.93. The van der Waals surface area contributed by atoms with E-state index in [0.717, 1.165) is 19.5 Å². The first-order chi connectivity index (χ1) is 11.2. The third kappa shape index (κ3) is 6.26. The van der Waals surface area contributed by atoms with Crippen LogP contribution in [-0.4, -0.2) is 87.3 Å². The third-order valence-electron chi connectivity index (χ3n) is 3.93. The number of ether oxygens (including phenoxy) is 1. The molecule has 8 nitrogen and oxygen atoms in total. The van der Waals surface area contributed by atoms with Crippen molar-refractivity contribution in [3.05, 3.63) is 12.2 Å². The summed E-state index contributed by atoms with van der Waals surface area (Å²) in [6.45, 7) is 4.40. The van der Waals surface area contributed by atoms with Crippen molar-refractivity contribution in [1.82, 2.24) is 15.1 Å². The van der Waals surface area contributed by atoms with Crippen LogP contribution in [0.2, 0.25) is 0 Å². The fraction of sp³-hybridized carbons (Fsp3) is 0.733. The van der Waals surface area contributed by atoms with Gasteiger partial charge in [-0.3, -0.25) is 4.79 Å². The van der Waals surface area contributed by atoms with Crippen LogP contribution in [0.5, 0.6) is 0 Å². The highest BCUT2D eigenvalue weighted by atomic mass is 17.2. The minimum Gasteiger partial charge on any atom is -0.440 e. The van der Waals surface area contributed by atoms with E-state index in [1.165, 1.54) is 6.08 Å². The number of carbonyl (C=O) groups excluding carboxylic acids is 2. The second-order valence-electron chi connectivity index (χ2n) is 5.73. The molecule has 2 unspecified atom stereocenters. The Morgan fingerprint density at radius 1 is 1.35 bits per heavy atom. The minimum absolute atomic E-state index is 0.151. The number of nitrogens with zero attached hydrogens (tertiary/aromatic N) is 2. The molecule has 1 N–H and O–H groups in total. The molecular formula is C15H25N3O5. The number of piperazine rings is 1. The Morgan fingerprint density at radius 3 is 2.78 bits per heavy atom. The number of carbonyl (C=O) groups is 2. The van der Waals surface area contributed by atoms with Crippen LogP contribution < -0.4 is 5.32 Å². The maximum atomic E-state index is 12.2. The molecule has 2 heterocycles. The van der Waals surface area contributed by atoms with Crippen LogP contribution in [-0.2, 0) is 19.3 Å². The first-order valence-electron chi connectivity index (χ1n) is 7.93. The predicted octanol–water partition coefficient (Wildman–Crippen LogP) is -0.196. The molecule has 0 aliphatic carbocycles. The zero-order valence-corrected chi connectivity index (χ0v) is 13.5. The average Bonchev–Trinajstić information content (AvgIpc) is 2.58. The SMILES string of the molecule is CN1CCN(C(=O)OC(C=CC=O)CNC2CCOOC2)CC1. The number of nitrogens with one attached hydrogen (secondary N) is 1. The molecule has 0 bridgehead atoms. The Kier molecular flexibility index (Phi) is 7.47. The highest BCUT2D eigenvalue weighted by Crippen LogP contribution is 2.07. The molecule has 2 rings (SSSR count). The molecule has 0 aromatic carbocycles. The lowest BCUT2D eigenvalue weighted by Crippen LogP contribution is -2.49. The summed E-state index contributed by atoms with van der Waals surface area (Å²) in [6.07, 6.45) is 3.61. The van der Waals surface area contributed by atoms with Crippen molar-refractivity contribution in [3.63, 3.8) is 0 Å². The Balaban J connectivity index is 1.80. The zero-order valence-electron chi connectivity index (χ0n) is 13.5. The van der Waals surface area contributed by atoms with Gasteiger partial charge in [0, 0.05) is 38.8 Å². The molecular weight excluding hydrogens is 302 g/mol. The summed E-state index contributed by atoms with van der Waals surface area (Å²) in [5.41, 5.74) is 0. The van der Waals surface area contributed by atoms with Crippen molar-refractivity contribution in [2.75, 3.05) is 53.0 Å². The maximum absolute atomic E-state index is 12.2. The summed E-state index contributed by atoms with van der Waals surface area (Å²) < 4.78 is 5.51. The molecule has 0 saturated carbocycles. The second-order valence-corrected chi connectivity index (χ2v) is 5.73. The van der Waals surface area contributed by atoms with Crippen molar-refractivity contribution >= 4 is 12.4 Å². The molecule has 2 fully saturated rings. The van der Waals surface area contributed by atoms with Gasteiger partial charge in [-0.15, -0.1) is 0 Å². The van der Waals surface area contributed by atoms with Gasteiger partial charge in [0.2, 0.25) is 0 Å². The fourth-order valence-corrected chi connectivity index (χ4v) is 2.42. The normalized spacial score (nSPS) is 24.6. The quantitative estimate of drug-likeness (QED) is 0.411. The van der Waals surface area contributed by atoms with Gasteiger partial charge in [-0.1, -0.05) is 0 Å². The molecule has 2 saturated heterocycles. The number of allylic oxidation sites excluding steroid dienone is 1. The van der Waals surface area contributed by atoms with Gasteiger partial charge < -0.3 is 19.9 Å². The number of hydrogen-bond acceptors (Lipinski definition) is 7. The van der Waals surface area contributed by atoms with E-state index in [-0.39, 0.29) is 12.1 Å². The van der Waals surface area contributed by atoms with Gasteiger partial charge in [-0.2, -0.15) is 0 Å². The molecule has 2 atom stereocenters. The molecule has 2 aliphatic heterocycles. The Bertz CT molecular complexity index is 404. The standard InChI is InChI=1S/C15H25N3O5/c1-17-5-7-18(8-6-17)15(20)23-14(3-2-9-19)11-16-13-4-10-21-22-12-13/h2-3,9,13-14,16H,4-8,10-12H2,1H3. The number of likely N-dealkylation sites (N-methyl/N-ethyl adjacent to an activating group) is 1. The maximum Gasteiger partial charge on any atom is 0.410 e. The predicted molar refractivity (Wildman–Crippen MR) is 82.9 cm³/mol. The van der Waals surface area contributed by atoms with Crippen LogP contribution in [0.1, 0.15) is 6.42 Å². The Labute approximate surface area is 136 Å². The largest absolute Gasteiger partial charge is 0.440 e. The van der Waals surface area contributed by atoms with E-state index < -0.39 is 6.10 Å². The van der Waals surface area contributed by atoms with E-state index in [1.807, 2.05) is 7.05 Å². The van der Waals surface area contributed by atoms with Crippen LogP contribution in [0.15, 0.2) is 12.2 Å². The molecule has 0 aromatic rings. The smallest absolute Gasteiger partial charge is 0.410 e. The number of aldehydes is 1. The summed E-state index contributed by atoms with van der Waals surface area (Å²) >= 11 is 0. The lowest BCUT2D eigenvalue weighted by molar-refractivity contribution is -0.317. The second kappa shape index (κ2) is 9.61.